The SMILES string of the molecule is COc1ccc(OC)c(C2=NN(C(=O)c3ccc(Br)o3)C(c3ccccc3Cl)C2)c1. The highest BCUT2D eigenvalue weighted by Crippen LogP contribution is 2.39. The van der Waals surface area contributed by atoms with Gasteiger partial charge in [0.2, 0.25) is 0 Å². The molecule has 0 bridgehead atoms. The molecule has 1 aromatic heterocycles. The summed E-state index contributed by atoms with van der Waals surface area (Å²) in [5.41, 5.74) is 2.25. The first-order valence-electron chi connectivity index (χ1n) is 9.15. The smallest absolute Gasteiger partial charge is 0.310 e. The van der Waals surface area contributed by atoms with E-state index >= 15 is 0 Å². The van der Waals surface area contributed by atoms with Gasteiger partial charge in [0, 0.05) is 17.0 Å². The van der Waals surface area contributed by atoms with Crippen molar-refractivity contribution in [3.63, 3.8) is 0 Å². The van der Waals surface area contributed by atoms with Gasteiger partial charge in [-0.15, -0.1) is 0 Å². The largest absolute Gasteiger partial charge is 0.497 e. The lowest BCUT2D eigenvalue weighted by molar-refractivity contribution is 0.0677. The Morgan fingerprint density at radius 3 is 2.63 bits per heavy atom. The zero-order valence-electron chi connectivity index (χ0n) is 16.3. The molecule has 0 aliphatic carbocycles. The van der Waals surface area contributed by atoms with E-state index in [4.69, 9.17) is 25.5 Å². The Balaban J connectivity index is 1.80. The van der Waals surface area contributed by atoms with Crippen LogP contribution in [0.25, 0.3) is 0 Å². The van der Waals surface area contributed by atoms with Crippen molar-refractivity contribution >= 4 is 39.1 Å². The Bertz CT molecular complexity index is 1130. The number of carbonyl (C=O) groups is 1. The van der Waals surface area contributed by atoms with Gasteiger partial charge in [0.15, 0.2) is 10.4 Å². The number of nitrogens with zero attached hydrogens (tertiary/aromatic N) is 2. The molecule has 1 atom stereocenters. The molecule has 1 amide bonds. The van der Waals surface area contributed by atoms with Crippen LogP contribution >= 0.6 is 27.5 Å². The van der Waals surface area contributed by atoms with Gasteiger partial charge in [-0.25, -0.2) is 5.01 Å². The van der Waals surface area contributed by atoms with E-state index < -0.39 is 0 Å². The standard InChI is InChI=1S/C22H18BrClN2O4/c1-28-13-7-8-19(29-2)15(11-13)17-12-18(14-5-3-4-6-16(14)24)26(25-17)22(27)20-9-10-21(23)30-20/h3-11,18H,12H2,1-2H3. The molecule has 2 aromatic carbocycles. The Kier molecular flexibility index (Phi) is 5.83. The van der Waals surface area contributed by atoms with E-state index in [0.717, 1.165) is 11.1 Å². The quantitative estimate of drug-likeness (QED) is 0.461. The minimum absolute atomic E-state index is 0.182. The second kappa shape index (κ2) is 8.53. The maximum absolute atomic E-state index is 13.2. The van der Waals surface area contributed by atoms with Gasteiger partial charge in [-0.1, -0.05) is 29.8 Å². The number of methoxy groups -OCH3 is 2. The Labute approximate surface area is 187 Å². The first-order valence-corrected chi connectivity index (χ1v) is 10.3. The number of hydrogen-bond donors (Lipinski definition) is 0. The van der Waals surface area contributed by atoms with Gasteiger partial charge in [-0.2, -0.15) is 5.10 Å². The first kappa shape index (κ1) is 20.5. The predicted octanol–water partition coefficient (Wildman–Crippen LogP) is 5.70. The monoisotopic (exact) mass is 488 g/mol. The maximum atomic E-state index is 13.2. The zero-order chi connectivity index (χ0) is 21.3. The van der Waals surface area contributed by atoms with E-state index in [1.807, 2.05) is 36.4 Å². The van der Waals surface area contributed by atoms with Crippen molar-refractivity contribution in [3.8, 4) is 11.5 Å². The number of carbonyl (C=O) groups excluding carboxylic acids is 1. The highest BCUT2D eigenvalue weighted by atomic mass is 79.9. The number of rotatable bonds is 5. The number of benzene rings is 2. The Hall–Kier alpha value is -2.77. The molecule has 4 rings (SSSR count). The van der Waals surface area contributed by atoms with Crippen molar-refractivity contribution in [1.82, 2.24) is 5.01 Å². The summed E-state index contributed by atoms with van der Waals surface area (Å²) >= 11 is 9.70. The molecule has 8 heteroatoms. The normalized spacial score (nSPS) is 15.8. The number of hydrazone groups is 1. The molecule has 3 aromatic rings. The lowest BCUT2D eigenvalue weighted by atomic mass is 9.97. The van der Waals surface area contributed by atoms with E-state index in [2.05, 4.69) is 21.0 Å². The van der Waals surface area contributed by atoms with Crippen molar-refractivity contribution in [2.75, 3.05) is 14.2 Å². The molecule has 0 radical (unpaired) electrons. The number of amides is 1. The molecule has 1 unspecified atom stereocenters. The van der Waals surface area contributed by atoms with Crippen LogP contribution in [0.5, 0.6) is 11.5 Å². The van der Waals surface area contributed by atoms with Gasteiger partial charge in [0.1, 0.15) is 11.5 Å². The molecule has 0 N–H and O–H groups in total. The van der Waals surface area contributed by atoms with Crippen LogP contribution in [0.2, 0.25) is 5.02 Å². The van der Waals surface area contributed by atoms with Crippen LogP contribution in [0.1, 0.15) is 34.1 Å². The number of halogens is 2. The molecule has 0 spiro atoms. The molecule has 0 fully saturated rings. The van der Waals surface area contributed by atoms with Crippen molar-refractivity contribution in [2.45, 2.75) is 12.5 Å². The average Bonchev–Trinajstić information content (AvgIpc) is 3.40. The van der Waals surface area contributed by atoms with E-state index in [1.54, 1.807) is 32.4 Å². The van der Waals surface area contributed by atoms with Gasteiger partial charge >= 0.3 is 5.91 Å². The van der Waals surface area contributed by atoms with Crippen LogP contribution in [-0.4, -0.2) is 30.8 Å². The summed E-state index contributed by atoms with van der Waals surface area (Å²) in [5, 5.41) is 6.64. The maximum Gasteiger partial charge on any atom is 0.310 e. The van der Waals surface area contributed by atoms with E-state index in [1.165, 1.54) is 5.01 Å². The Morgan fingerprint density at radius 1 is 1.17 bits per heavy atom. The van der Waals surface area contributed by atoms with Gasteiger partial charge in [-0.05, 0) is 57.9 Å². The molecule has 1 aliphatic rings. The van der Waals surface area contributed by atoms with Crippen LogP contribution in [-0.2, 0) is 0 Å². The van der Waals surface area contributed by atoms with Gasteiger partial charge < -0.3 is 13.9 Å². The fourth-order valence-electron chi connectivity index (χ4n) is 3.43. The average molecular weight is 490 g/mol. The minimum atomic E-state index is -0.388. The van der Waals surface area contributed by atoms with Crippen molar-refractivity contribution in [2.24, 2.45) is 5.10 Å². The molecule has 0 saturated heterocycles. The molecule has 0 saturated carbocycles. The second-order valence-corrected chi connectivity index (χ2v) is 7.80. The minimum Gasteiger partial charge on any atom is -0.497 e. The molecule has 154 valence electrons. The highest BCUT2D eigenvalue weighted by molar-refractivity contribution is 9.10. The van der Waals surface area contributed by atoms with Crippen LogP contribution in [0.3, 0.4) is 0 Å². The molecule has 6 nitrogen and oxygen atoms in total. The summed E-state index contributed by atoms with van der Waals surface area (Å²) in [4.78, 5) is 13.2. The number of ether oxygens (including phenoxy) is 2. The predicted molar refractivity (Wildman–Crippen MR) is 117 cm³/mol. The van der Waals surface area contributed by atoms with E-state index in [9.17, 15) is 4.79 Å². The van der Waals surface area contributed by atoms with Crippen molar-refractivity contribution in [3.05, 3.63) is 81.2 Å². The first-order chi connectivity index (χ1) is 14.5. The third-order valence-corrected chi connectivity index (χ3v) is 5.65. The van der Waals surface area contributed by atoms with Crippen LogP contribution in [0, 0.1) is 0 Å². The third kappa shape index (κ3) is 3.82. The fourth-order valence-corrected chi connectivity index (χ4v) is 4.00. The van der Waals surface area contributed by atoms with Crippen molar-refractivity contribution < 1.29 is 18.7 Å². The summed E-state index contributed by atoms with van der Waals surface area (Å²) in [6.07, 6.45) is 0.459. The topological polar surface area (TPSA) is 64.3 Å². The number of furan rings is 1. The van der Waals surface area contributed by atoms with Gasteiger partial charge in [0.05, 0.1) is 26.0 Å². The molecular formula is C22H18BrClN2O4. The highest BCUT2D eigenvalue weighted by Gasteiger charge is 2.36. The zero-order valence-corrected chi connectivity index (χ0v) is 18.6. The van der Waals surface area contributed by atoms with Crippen molar-refractivity contribution in [1.29, 1.82) is 0 Å². The molecular weight excluding hydrogens is 472 g/mol. The summed E-state index contributed by atoms with van der Waals surface area (Å²) in [7, 11) is 3.19. The Morgan fingerprint density at radius 2 is 1.97 bits per heavy atom. The lowest BCUT2D eigenvalue weighted by Gasteiger charge is -2.22. The van der Waals surface area contributed by atoms with E-state index in [-0.39, 0.29) is 17.7 Å². The number of hydrogen-bond acceptors (Lipinski definition) is 5. The second-order valence-electron chi connectivity index (χ2n) is 6.61. The molecule has 30 heavy (non-hydrogen) atoms. The van der Waals surface area contributed by atoms with Gasteiger partial charge in [-0.3, -0.25) is 4.79 Å². The fraction of sp³-hybridized carbons (Fsp3) is 0.182. The van der Waals surface area contributed by atoms with E-state index in [0.29, 0.717) is 33.3 Å². The van der Waals surface area contributed by atoms with Crippen LogP contribution < -0.4 is 9.47 Å². The molecule has 1 aliphatic heterocycles. The van der Waals surface area contributed by atoms with Crippen LogP contribution in [0.15, 0.2) is 68.8 Å². The third-order valence-electron chi connectivity index (χ3n) is 4.88. The molecule has 2 heterocycles. The van der Waals surface area contributed by atoms with Crippen LogP contribution in [0.4, 0.5) is 0 Å². The van der Waals surface area contributed by atoms with Gasteiger partial charge in [0.25, 0.3) is 0 Å². The summed E-state index contributed by atoms with van der Waals surface area (Å²) in [5.74, 6) is 1.13. The summed E-state index contributed by atoms with van der Waals surface area (Å²) < 4.78 is 16.8. The lowest BCUT2D eigenvalue weighted by Crippen LogP contribution is -2.27. The summed E-state index contributed by atoms with van der Waals surface area (Å²) in [6, 6.07) is 15.8. The summed E-state index contributed by atoms with van der Waals surface area (Å²) in [6.45, 7) is 0.